The summed E-state index contributed by atoms with van der Waals surface area (Å²) < 4.78 is 14.0. The van der Waals surface area contributed by atoms with Gasteiger partial charge in [0.1, 0.15) is 5.82 Å². The zero-order chi connectivity index (χ0) is 13.8. The van der Waals surface area contributed by atoms with Crippen LogP contribution in [0.2, 0.25) is 0 Å². The molecule has 2 nitrogen and oxygen atoms in total. The summed E-state index contributed by atoms with van der Waals surface area (Å²) in [4.78, 5) is 4.11. The Labute approximate surface area is 121 Å². The molecule has 0 bridgehead atoms. The first-order valence-corrected chi connectivity index (χ1v) is 7.04. The molecule has 2 aromatic rings. The van der Waals surface area contributed by atoms with Gasteiger partial charge < -0.3 is 5.73 Å². The third-order valence-corrected chi connectivity index (χ3v) is 4.08. The van der Waals surface area contributed by atoms with Crippen molar-refractivity contribution in [1.29, 1.82) is 0 Å². The van der Waals surface area contributed by atoms with Gasteiger partial charge in [0.2, 0.25) is 0 Å². The number of nitrogens with two attached hydrogens (primary N) is 1. The Kier molecular flexibility index (Phi) is 4.66. The van der Waals surface area contributed by atoms with Gasteiger partial charge in [-0.3, -0.25) is 4.98 Å². The van der Waals surface area contributed by atoms with Crippen LogP contribution in [0.4, 0.5) is 4.39 Å². The summed E-state index contributed by atoms with van der Waals surface area (Å²) in [6.07, 6.45) is 5.07. The number of aryl methyl sites for hydroxylation is 1. The summed E-state index contributed by atoms with van der Waals surface area (Å²) in [6, 6.07) is 6.81. The lowest BCUT2D eigenvalue weighted by Gasteiger charge is -2.16. The van der Waals surface area contributed by atoms with E-state index in [2.05, 4.69) is 27.8 Å². The number of pyridine rings is 1. The first-order chi connectivity index (χ1) is 9.13. The molecule has 0 saturated heterocycles. The molecule has 1 atom stereocenters. The number of halogens is 2. The van der Waals surface area contributed by atoms with E-state index in [-0.39, 0.29) is 11.9 Å². The number of rotatable bonds is 4. The Morgan fingerprint density at radius 3 is 2.84 bits per heavy atom. The van der Waals surface area contributed by atoms with E-state index in [1.54, 1.807) is 12.3 Å². The van der Waals surface area contributed by atoms with Crippen LogP contribution in [-0.2, 0) is 12.8 Å². The summed E-state index contributed by atoms with van der Waals surface area (Å²) in [5, 5.41) is 0. The Balaban J connectivity index is 2.26. The summed E-state index contributed by atoms with van der Waals surface area (Å²) >= 11 is 3.27. The minimum Gasteiger partial charge on any atom is -0.324 e. The summed E-state index contributed by atoms with van der Waals surface area (Å²) in [5.74, 6) is -0.254. The molecule has 0 amide bonds. The maximum Gasteiger partial charge on any atom is 0.137 e. The van der Waals surface area contributed by atoms with Crippen LogP contribution in [0.1, 0.15) is 29.7 Å². The molecular formula is C15H16BrFN2. The highest BCUT2D eigenvalue weighted by Crippen LogP contribution is 2.26. The molecule has 2 rings (SSSR count). The molecule has 1 aromatic carbocycles. The molecule has 0 saturated carbocycles. The molecule has 0 spiro atoms. The Morgan fingerprint density at radius 2 is 2.11 bits per heavy atom. The second kappa shape index (κ2) is 6.26. The molecule has 0 radical (unpaired) electrons. The monoisotopic (exact) mass is 322 g/mol. The van der Waals surface area contributed by atoms with Crippen molar-refractivity contribution < 1.29 is 4.39 Å². The first-order valence-electron chi connectivity index (χ1n) is 6.24. The molecule has 1 unspecified atom stereocenters. The maximum atomic E-state index is 13.5. The van der Waals surface area contributed by atoms with Gasteiger partial charge in [0.05, 0.1) is 4.47 Å². The van der Waals surface area contributed by atoms with E-state index in [4.69, 9.17) is 5.73 Å². The topological polar surface area (TPSA) is 38.9 Å². The average Bonchev–Trinajstić information content (AvgIpc) is 2.43. The number of nitrogens with zero attached hydrogens (tertiary/aromatic N) is 1. The highest BCUT2D eigenvalue weighted by atomic mass is 79.9. The van der Waals surface area contributed by atoms with Gasteiger partial charge >= 0.3 is 0 Å². The predicted molar refractivity (Wildman–Crippen MR) is 78.3 cm³/mol. The predicted octanol–water partition coefficient (Wildman–Crippen LogP) is 3.79. The first kappa shape index (κ1) is 14.2. The van der Waals surface area contributed by atoms with Gasteiger partial charge in [0, 0.05) is 18.4 Å². The smallest absolute Gasteiger partial charge is 0.137 e. The lowest BCUT2D eigenvalue weighted by atomic mass is 9.96. The van der Waals surface area contributed by atoms with E-state index in [1.807, 2.05) is 18.3 Å². The Bertz CT molecular complexity index is 572. The Morgan fingerprint density at radius 1 is 1.32 bits per heavy atom. The molecule has 1 heterocycles. The summed E-state index contributed by atoms with van der Waals surface area (Å²) in [6.45, 7) is 2.07. The van der Waals surface area contributed by atoms with Crippen molar-refractivity contribution in [3.05, 3.63) is 63.6 Å². The molecule has 0 aliphatic carbocycles. The van der Waals surface area contributed by atoms with Crippen molar-refractivity contribution in [2.45, 2.75) is 25.8 Å². The van der Waals surface area contributed by atoms with Crippen LogP contribution in [0.5, 0.6) is 0 Å². The largest absolute Gasteiger partial charge is 0.324 e. The number of aromatic nitrogens is 1. The van der Waals surface area contributed by atoms with Gasteiger partial charge in [-0.2, -0.15) is 0 Å². The van der Waals surface area contributed by atoms with Crippen LogP contribution < -0.4 is 5.73 Å². The van der Waals surface area contributed by atoms with Crippen LogP contribution in [0, 0.1) is 5.82 Å². The minimum atomic E-state index is -0.254. The molecule has 100 valence electrons. The minimum absolute atomic E-state index is 0.156. The van der Waals surface area contributed by atoms with Crippen molar-refractivity contribution in [3.63, 3.8) is 0 Å². The van der Waals surface area contributed by atoms with Crippen LogP contribution in [0.3, 0.4) is 0 Å². The third-order valence-electron chi connectivity index (χ3n) is 3.19. The zero-order valence-electron chi connectivity index (χ0n) is 10.7. The molecule has 0 fully saturated rings. The van der Waals surface area contributed by atoms with E-state index < -0.39 is 0 Å². The van der Waals surface area contributed by atoms with Crippen LogP contribution in [-0.4, -0.2) is 4.98 Å². The highest BCUT2D eigenvalue weighted by molar-refractivity contribution is 9.10. The van der Waals surface area contributed by atoms with Crippen LogP contribution in [0.25, 0.3) is 0 Å². The van der Waals surface area contributed by atoms with Crippen molar-refractivity contribution in [1.82, 2.24) is 4.98 Å². The lowest BCUT2D eigenvalue weighted by Crippen LogP contribution is -2.16. The standard InChI is InChI=1S/C15H16BrFN2/c1-2-10-9-19-7-6-12(10)14(18)8-11-4-3-5-13(17)15(11)16/h3-7,9,14H,2,8,18H2,1H3. The van der Waals surface area contributed by atoms with Gasteiger partial charge in [-0.05, 0) is 57.6 Å². The van der Waals surface area contributed by atoms with Crippen molar-refractivity contribution >= 4 is 15.9 Å². The fourth-order valence-electron chi connectivity index (χ4n) is 2.15. The summed E-state index contributed by atoms with van der Waals surface area (Å²) in [7, 11) is 0. The molecule has 19 heavy (non-hydrogen) atoms. The Hall–Kier alpha value is -1.26. The fourth-order valence-corrected chi connectivity index (χ4v) is 2.57. The van der Waals surface area contributed by atoms with E-state index in [0.717, 1.165) is 23.1 Å². The van der Waals surface area contributed by atoms with E-state index in [9.17, 15) is 4.39 Å². The highest BCUT2D eigenvalue weighted by Gasteiger charge is 2.14. The molecule has 2 N–H and O–H groups in total. The SMILES string of the molecule is CCc1cnccc1C(N)Cc1cccc(F)c1Br. The van der Waals surface area contributed by atoms with Crippen LogP contribution >= 0.6 is 15.9 Å². The van der Waals surface area contributed by atoms with Crippen molar-refractivity contribution in [3.8, 4) is 0 Å². The average molecular weight is 323 g/mol. The summed E-state index contributed by atoms with van der Waals surface area (Å²) in [5.41, 5.74) is 9.35. The van der Waals surface area contributed by atoms with Gasteiger partial charge in [0.25, 0.3) is 0 Å². The van der Waals surface area contributed by atoms with Crippen LogP contribution in [0.15, 0.2) is 41.1 Å². The molecule has 1 aromatic heterocycles. The second-order valence-corrected chi connectivity index (χ2v) is 5.24. The fraction of sp³-hybridized carbons (Fsp3) is 0.267. The van der Waals surface area contributed by atoms with E-state index in [1.165, 1.54) is 6.07 Å². The molecule has 4 heteroatoms. The van der Waals surface area contributed by atoms with E-state index >= 15 is 0 Å². The van der Waals surface area contributed by atoms with Gasteiger partial charge in [0.15, 0.2) is 0 Å². The number of hydrogen-bond acceptors (Lipinski definition) is 2. The maximum absolute atomic E-state index is 13.5. The quantitative estimate of drug-likeness (QED) is 0.930. The van der Waals surface area contributed by atoms with Crippen molar-refractivity contribution in [2.75, 3.05) is 0 Å². The second-order valence-electron chi connectivity index (χ2n) is 4.45. The van der Waals surface area contributed by atoms with E-state index in [0.29, 0.717) is 10.9 Å². The molecule has 0 aliphatic rings. The number of hydrogen-bond donors (Lipinski definition) is 1. The third kappa shape index (κ3) is 3.19. The lowest BCUT2D eigenvalue weighted by molar-refractivity contribution is 0.613. The van der Waals surface area contributed by atoms with Gasteiger partial charge in [-0.15, -0.1) is 0 Å². The van der Waals surface area contributed by atoms with Gasteiger partial charge in [-0.25, -0.2) is 4.39 Å². The van der Waals surface area contributed by atoms with Gasteiger partial charge in [-0.1, -0.05) is 19.1 Å². The normalized spacial score (nSPS) is 12.4. The van der Waals surface area contributed by atoms with Crippen molar-refractivity contribution in [2.24, 2.45) is 5.73 Å². The number of benzene rings is 1. The zero-order valence-corrected chi connectivity index (χ0v) is 12.3. The molecular weight excluding hydrogens is 307 g/mol. The molecule has 0 aliphatic heterocycles.